The fraction of sp³-hybridized carbons (Fsp3) is 0.556. The van der Waals surface area contributed by atoms with Crippen LogP contribution in [-0.4, -0.2) is 23.0 Å². The highest BCUT2D eigenvalue weighted by Crippen LogP contribution is 2.27. The van der Waals surface area contributed by atoms with Crippen LogP contribution in [-0.2, 0) is 16.0 Å². The monoisotopic (exact) mass is 303 g/mol. The van der Waals surface area contributed by atoms with Crippen molar-refractivity contribution < 1.29 is 14.7 Å². The molecule has 1 atom stereocenters. The second-order valence-electron chi connectivity index (χ2n) is 6.44. The molecule has 2 N–H and O–H groups in total. The second kappa shape index (κ2) is 7.43. The third-order valence-corrected chi connectivity index (χ3v) is 4.59. The molecule has 0 radical (unpaired) electrons. The topological polar surface area (TPSA) is 66.4 Å². The van der Waals surface area contributed by atoms with Gasteiger partial charge in [0.05, 0.1) is 0 Å². The van der Waals surface area contributed by atoms with Gasteiger partial charge in [0.25, 0.3) is 0 Å². The molecule has 1 aliphatic rings. The van der Waals surface area contributed by atoms with Gasteiger partial charge >= 0.3 is 5.97 Å². The lowest BCUT2D eigenvalue weighted by atomic mass is 10.00. The van der Waals surface area contributed by atoms with Crippen LogP contribution < -0.4 is 5.32 Å². The summed E-state index contributed by atoms with van der Waals surface area (Å²) in [6.45, 7) is 4.03. The molecule has 2 rings (SSSR count). The van der Waals surface area contributed by atoms with Crippen LogP contribution in [0, 0.1) is 19.8 Å². The van der Waals surface area contributed by atoms with Crippen LogP contribution in [0.4, 0.5) is 0 Å². The SMILES string of the molecule is Cc1ccc(C[C@H](NC(=O)CC2CCCC2)C(=O)O)cc1C. The Morgan fingerprint density at radius 2 is 1.91 bits per heavy atom. The minimum absolute atomic E-state index is 0.136. The molecule has 0 saturated heterocycles. The summed E-state index contributed by atoms with van der Waals surface area (Å²) in [6, 6.07) is 5.07. The molecule has 0 unspecified atom stereocenters. The first kappa shape index (κ1) is 16.5. The highest BCUT2D eigenvalue weighted by molar-refractivity contribution is 5.83. The van der Waals surface area contributed by atoms with E-state index < -0.39 is 12.0 Å². The van der Waals surface area contributed by atoms with Gasteiger partial charge in [-0.1, -0.05) is 31.0 Å². The molecule has 0 bridgehead atoms. The molecule has 120 valence electrons. The van der Waals surface area contributed by atoms with E-state index in [9.17, 15) is 14.7 Å². The Hall–Kier alpha value is -1.84. The zero-order valence-corrected chi connectivity index (χ0v) is 13.4. The lowest BCUT2D eigenvalue weighted by Gasteiger charge is -2.17. The van der Waals surface area contributed by atoms with Gasteiger partial charge in [-0.05, 0) is 49.3 Å². The zero-order valence-electron chi connectivity index (χ0n) is 13.4. The van der Waals surface area contributed by atoms with E-state index in [1.165, 1.54) is 18.4 Å². The quantitative estimate of drug-likeness (QED) is 0.849. The van der Waals surface area contributed by atoms with E-state index in [0.717, 1.165) is 24.0 Å². The van der Waals surface area contributed by atoms with Crippen molar-refractivity contribution in [2.24, 2.45) is 5.92 Å². The number of aliphatic carboxylic acids is 1. The first-order valence-corrected chi connectivity index (χ1v) is 8.04. The van der Waals surface area contributed by atoms with Gasteiger partial charge in [-0.2, -0.15) is 0 Å². The third kappa shape index (κ3) is 4.58. The van der Waals surface area contributed by atoms with Gasteiger partial charge in [0.1, 0.15) is 6.04 Å². The number of rotatable bonds is 6. The number of hydrogen-bond acceptors (Lipinski definition) is 2. The van der Waals surface area contributed by atoms with Crippen LogP contribution in [0.2, 0.25) is 0 Å². The Balaban J connectivity index is 1.95. The molecule has 1 amide bonds. The number of aryl methyl sites for hydroxylation is 2. The highest BCUT2D eigenvalue weighted by Gasteiger charge is 2.23. The number of nitrogens with one attached hydrogen (secondary N) is 1. The van der Waals surface area contributed by atoms with Crippen molar-refractivity contribution in [3.8, 4) is 0 Å². The van der Waals surface area contributed by atoms with Crippen molar-refractivity contribution in [1.29, 1.82) is 0 Å². The van der Waals surface area contributed by atoms with Crippen molar-refractivity contribution in [3.63, 3.8) is 0 Å². The summed E-state index contributed by atoms with van der Waals surface area (Å²) in [7, 11) is 0. The normalized spacial score (nSPS) is 16.5. The number of benzene rings is 1. The van der Waals surface area contributed by atoms with Gasteiger partial charge in [-0.3, -0.25) is 4.79 Å². The van der Waals surface area contributed by atoms with Crippen molar-refractivity contribution >= 4 is 11.9 Å². The third-order valence-electron chi connectivity index (χ3n) is 4.59. The zero-order chi connectivity index (χ0) is 16.1. The Morgan fingerprint density at radius 1 is 1.23 bits per heavy atom. The molecule has 4 heteroatoms. The largest absolute Gasteiger partial charge is 0.480 e. The molecule has 0 heterocycles. The van der Waals surface area contributed by atoms with Crippen LogP contribution in [0.15, 0.2) is 18.2 Å². The van der Waals surface area contributed by atoms with Crippen molar-refractivity contribution in [2.75, 3.05) is 0 Å². The summed E-state index contributed by atoms with van der Waals surface area (Å²) in [4.78, 5) is 23.5. The van der Waals surface area contributed by atoms with E-state index >= 15 is 0 Å². The Morgan fingerprint density at radius 3 is 2.50 bits per heavy atom. The fourth-order valence-electron chi connectivity index (χ4n) is 3.10. The minimum atomic E-state index is -0.974. The lowest BCUT2D eigenvalue weighted by molar-refractivity contribution is -0.141. The molecule has 1 saturated carbocycles. The molecule has 1 fully saturated rings. The average molecular weight is 303 g/mol. The van der Waals surface area contributed by atoms with Crippen LogP contribution in [0.5, 0.6) is 0 Å². The van der Waals surface area contributed by atoms with E-state index in [0.29, 0.717) is 18.8 Å². The van der Waals surface area contributed by atoms with Gasteiger partial charge in [-0.25, -0.2) is 4.79 Å². The Kier molecular flexibility index (Phi) is 5.58. The molecule has 0 aromatic heterocycles. The maximum Gasteiger partial charge on any atom is 0.326 e. The van der Waals surface area contributed by atoms with Gasteiger partial charge in [0.2, 0.25) is 5.91 Å². The van der Waals surface area contributed by atoms with E-state index in [1.807, 2.05) is 32.0 Å². The summed E-state index contributed by atoms with van der Waals surface area (Å²) >= 11 is 0. The predicted octanol–water partition coefficient (Wildman–Crippen LogP) is 3.00. The minimum Gasteiger partial charge on any atom is -0.480 e. The molecular formula is C18H25NO3. The van der Waals surface area contributed by atoms with Crippen LogP contribution in [0.3, 0.4) is 0 Å². The summed E-state index contributed by atoms with van der Waals surface area (Å²) in [6.07, 6.45) is 5.32. The second-order valence-corrected chi connectivity index (χ2v) is 6.44. The standard InChI is InChI=1S/C18H25NO3/c1-12-7-8-15(9-13(12)2)10-16(18(21)22)19-17(20)11-14-5-3-4-6-14/h7-9,14,16H,3-6,10-11H2,1-2H3,(H,19,20)(H,21,22)/t16-/m0/s1. The van der Waals surface area contributed by atoms with Crippen molar-refractivity contribution in [2.45, 2.75) is 58.4 Å². The van der Waals surface area contributed by atoms with E-state index in [1.54, 1.807) is 0 Å². The number of carboxylic acid groups (broad SMARTS) is 1. The molecule has 0 aliphatic heterocycles. The van der Waals surface area contributed by atoms with Crippen LogP contribution in [0.1, 0.15) is 48.8 Å². The molecule has 1 aromatic carbocycles. The lowest BCUT2D eigenvalue weighted by Crippen LogP contribution is -2.42. The molecule has 1 aromatic rings. The average Bonchev–Trinajstić information content (AvgIpc) is 2.94. The first-order chi connectivity index (χ1) is 10.5. The maximum absolute atomic E-state index is 12.1. The highest BCUT2D eigenvalue weighted by atomic mass is 16.4. The molecular weight excluding hydrogens is 278 g/mol. The summed E-state index contributed by atoms with van der Waals surface area (Å²) < 4.78 is 0. The number of carboxylic acids is 1. The van der Waals surface area contributed by atoms with Gasteiger partial charge < -0.3 is 10.4 Å². The van der Waals surface area contributed by atoms with E-state index in [-0.39, 0.29) is 5.91 Å². The Bertz CT molecular complexity index is 547. The van der Waals surface area contributed by atoms with Gasteiger partial charge in [-0.15, -0.1) is 0 Å². The van der Waals surface area contributed by atoms with E-state index in [2.05, 4.69) is 5.32 Å². The Labute approximate surface area is 131 Å². The number of carbonyl (C=O) groups is 2. The van der Waals surface area contributed by atoms with Gasteiger partial charge in [0.15, 0.2) is 0 Å². The van der Waals surface area contributed by atoms with Gasteiger partial charge in [0, 0.05) is 12.8 Å². The number of hydrogen-bond donors (Lipinski definition) is 2. The molecule has 22 heavy (non-hydrogen) atoms. The van der Waals surface area contributed by atoms with Crippen LogP contribution >= 0.6 is 0 Å². The maximum atomic E-state index is 12.1. The first-order valence-electron chi connectivity index (χ1n) is 8.04. The smallest absolute Gasteiger partial charge is 0.326 e. The molecule has 0 spiro atoms. The number of carbonyl (C=O) groups excluding carboxylic acids is 1. The van der Waals surface area contributed by atoms with E-state index in [4.69, 9.17) is 0 Å². The van der Waals surface area contributed by atoms with Crippen molar-refractivity contribution in [1.82, 2.24) is 5.32 Å². The summed E-state index contributed by atoms with van der Waals surface area (Å²) in [5, 5.41) is 12.0. The molecule has 1 aliphatic carbocycles. The number of amides is 1. The van der Waals surface area contributed by atoms with Crippen molar-refractivity contribution in [3.05, 3.63) is 34.9 Å². The summed E-state index contributed by atoms with van der Waals surface area (Å²) in [5.41, 5.74) is 3.26. The summed E-state index contributed by atoms with van der Waals surface area (Å²) in [5.74, 6) is -0.683. The molecule has 4 nitrogen and oxygen atoms in total. The predicted molar refractivity (Wildman–Crippen MR) is 85.8 cm³/mol. The fourth-order valence-corrected chi connectivity index (χ4v) is 3.10. The van der Waals surface area contributed by atoms with Crippen LogP contribution in [0.25, 0.3) is 0 Å².